The Morgan fingerprint density at radius 1 is 1.15 bits per heavy atom. The van der Waals surface area contributed by atoms with Crippen LogP contribution in [0.3, 0.4) is 0 Å². The van der Waals surface area contributed by atoms with Gasteiger partial charge in [0.25, 0.3) is 0 Å². The summed E-state index contributed by atoms with van der Waals surface area (Å²) in [6.45, 7) is 1.99. The molecule has 109 valence electrons. The Hall–Kier alpha value is -1.26. The van der Waals surface area contributed by atoms with Gasteiger partial charge >= 0.3 is 24.3 Å². The molecule has 5 heteroatoms. The molecule has 20 heavy (non-hydrogen) atoms. The average molecular weight is 383 g/mol. The zero-order valence-corrected chi connectivity index (χ0v) is 13.0. The summed E-state index contributed by atoms with van der Waals surface area (Å²) in [5.74, 6) is 0. The third-order valence-electron chi connectivity index (χ3n) is 2.76. The Bertz CT molecular complexity index is 570. The second-order valence-electron chi connectivity index (χ2n) is 4.03. The summed E-state index contributed by atoms with van der Waals surface area (Å²) >= 11 is 7.87. The van der Waals surface area contributed by atoms with E-state index >= 15 is 0 Å². The second-order valence-corrected chi connectivity index (χ2v) is 4.44. The topological polar surface area (TPSA) is 46.2 Å². The van der Waals surface area contributed by atoms with Crippen LogP contribution in [0.2, 0.25) is 5.02 Å². The van der Waals surface area contributed by atoms with Gasteiger partial charge in [0.05, 0.1) is 10.7 Å². The first kappa shape index (κ1) is 16.8. The third-order valence-corrected chi connectivity index (χ3v) is 3.08. The molecule has 3 nitrogen and oxygen atoms in total. The first-order valence-corrected chi connectivity index (χ1v) is 6.78. The molecule has 0 amide bonds. The summed E-state index contributed by atoms with van der Waals surface area (Å²) < 4.78 is 8.06. The van der Waals surface area contributed by atoms with Crippen LogP contribution in [0.5, 0.6) is 0 Å². The van der Waals surface area contributed by atoms with Crippen LogP contribution in [0.1, 0.15) is 11.1 Å². The summed E-state index contributed by atoms with van der Waals surface area (Å²) in [4.78, 5) is 10.5. The van der Waals surface area contributed by atoms with Crippen LogP contribution < -0.4 is 5.32 Å². The van der Waals surface area contributed by atoms with Gasteiger partial charge in [-0.2, -0.15) is 0 Å². The molecule has 0 atom stereocenters. The van der Waals surface area contributed by atoms with E-state index in [4.69, 9.17) is 14.9 Å². The van der Waals surface area contributed by atoms with Gasteiger partial charge in [-0.05, 0) is 24.6 Å². The van der Waals surface area contributed by atoms with E-state index in [9.17, 15) is 4.79 Å². The molecular weight excluding hydrogens is 369 g/mol. The number of rotatable bonds is 4. The zero-order valence-electron chi connectivity index (χ0n) is 10.7. The van der Waals surface area contributed by atoms with Gasteiger partial charge in [-0.15, -0.1) is 6.42 Å². The van der Waals surface area contributed by atoms with Crippen LogP contribution in [-0.4, -0.2) is 6.29 Å². The van der Waals surface area contributed by atoms with E-state index < -0.39 is 0 Å². The first-order valence-electron chi connectivity index (χ1n) is 5.79. The van der Waals surface area contributed by atoms with Crippen molar-refractivity contribution in [1.82, 2.24) is 0 Å². The van der Waals surface area contributed by atoms with Crippen LogP contribution in [0, 0.1) is 6.92 Å². The van der Waals surface area contributed by atoms with E-state index in [1.807, 2.05) is 55.7 Å². The number of aryl methyl sites for hydroxylation is 1. The van der Waals surface area contributed by atoms with Crippen molar-refractivity contribution in [3.05, 3.63) is 58.6 Å². The molecule has 0 spiro atoms. The van der Waals surface area contributed by atoms with Crippen molar-refractivity contribution in [2.24, 2.45) is 0 Å². The van der Waals surface area contributed by atoms with E-state index in [1.165, 1.54) is 0 Å². The molecule has 0 aliphatic heterocycles. The van der Waals surface area contributed by atoms with Gasteiger partial charge in [0.2, 0.25) is 0 Å². The maximum absolute atomic E-state index is 10.5. The maximum atomic E-state index is 10.5. The molecule has 0 saturated heterocycles. The van der Waals surface area contributed by atoms with E-state index in [2.05, 4.69) is 5.32 Å². The molecule has 0 heterocycles. The number of hydrogen-bond donors (Lipinski definition) is 1. The normalized spacial score (nSPS) is 9.40. The van der Waals surface area contributed by atoms with Gasteiger partial charge in [0.1, 0.15) is 0 Å². The van der Waals surface area contributed by atoms with Crippen LogP contribution in [0.15, 0.2) is 42.5 Å². The predicted molar refractivity (Wildman–Crippen MR) is 76.0 cm³/mol. The van der Waals surface area contributed by atoms with Crippen LogP contribution in [-0.2, 0) is 35.5 Å². The fourth-order valence-corrected chi connectivity index (χ4v) is 2.07. The van der Waals surface area contributed by atoms with Gasteiger partial charge in [0.15, 0.2) is 0 Å². The predicted octanol–water partition coefficient (Wildman–Crippen LogP) is 3.92. The molecule has 2 aromatic rings. The third kappa shape index (κ3) is 4.39. The van der Waals surface area contributed by atoms with Crippen molar-refractivity contribution in [2.45, 2.75) is 13.3 Å². The number of anilines is 2. The van der Waals surface area contributed by atoms with Crippen molar-refractivity contribution in [3.63, 3.8) is 0 Å². The SMILES string of the molecule is Cc1cccc(Cl)c1Nc1ccccc1C[C-]=O.[O]=[Ag]. The second kappa shape index (κ2) is 8.82. The van der Waals surface area contributed by atoms with Gasteiger partial charge in [-0.1, -0.05) is 47.5 Å². The molecule has 0 fully saturated rings. The summed E-state index contributed by atoms with van der Waals surface area (Å²) in [6, 6.07) is 13.4. The molecule has 2 rings (SSSR count). The number of hydrogen-bond acceptors (Lipinski definition) is 3. The molecule has 0 unspecified atom stereocenters. The number of nitrogens with one attached hydrogen (secondary N) is 1. The van der Waals surface area contributed by atoms with Crippen molar-refractivity contribution in [3.8, 4) is 0 Å². The van der Waals surface area contributed by atoms with Crippen LogP contribution >= 0.6 is 11.6 Å². The molecule has 0 saturated carbocycles. The Kier molecular flexibility index (Phi) is 7.41. The minimum absolute atomic E-state index is 0.271. The summed E-state index contributed by atoms with van der Waals surface area (Å²) in [5, 5.41) is 3.95. The van der Waals surface area contributed by atoms with Gasteiger partial charge < -0.3 is 10.1 Å². The molecule has 0 aliphatic rings. The Morgan fingerprint density at radius 2 is 1.85 bits per heavy atom. The summed E-state index contributed by atoms with van der Waals surface area (Å²) in [7, 11) is 0. The number of benzene rings is 2. The van der Waals surface area contributed by atoms with E-state index in [0.717, 1.165) is 22.5 Å². The minimum atomic E-state index is 0.271. The van der Waals surface area contributed by atoms with E-state index in [-0.39, 0.29) is 6.42 Å². The van der Waals surface area contributed by atoms with Crippen molar-refractivity contribution in [2.75, 3.05) is 5.32 Å². The molecule has 0 radical (unpaired) electrons. The molecule has 0 bridgehead atoms. The quantitative estimate of drug-likeness (QED) is 0.644. The molecule has 0 aliphatic carbocycles. The Labute approximate surface area is 135 Å². The monoisotopic (exact) mass is 381 g/mol. The average Bonchev–Trinajstić information content (AvgIpc) is 2.47. The standard InChI is InChI=1S/C15H13ClNO.Ag.O/c1-11-5-4-7-13(16)15(11)17-14-8-3-2-6-12(14)9-10-18;;/h2-8,17H,9H2,1H3;;/q-1;;. The number of para-hydroxylation sites is 2. The van der Waals surface area contributed by atoms with E-state index in [0.29, 0.717) is 5.02 Å². The van der Waals surface area contributed by atoms with Crippen molar-refractivity contribution in [1.29, 1.82) is 0 Å². The van der Waals surface area contributed by atoms with Crippen LogP contribution in [0.25, 0.3) is 0 Å². The van der Waals surface area contributed by atoms with Crippen molar-refractivity contribution >= 4 is 29.3 Å². The fraction of sp³-hybridized carbons (Fsp3) is 0.133. The Balaban J connectivity index is 0.000000956. The van der Waals surface area contributed by atoms with Gasteiger partial charge in [-0.25, -0.2) is 0 Å². The van der Waals surface area contributed by atoms with Crippen LogP contribution in [0.4, 0.5) is 11.4 Å². The van der Waals surface area contributed by atoms with E-state index in [1.54, 1.807) is 21.0 Å². The zero-order chi connectivity index (χ0) is 15.0. The molecular formula is C15H13AgClNO2-. The first-order chi connectivity index (χ1) is 9.72. The Morgan fingerprint density at radius 3 is 2.50 bits per heavy atom. The molecule has 0 aromatic heterocycles. The fourth-order valence-electron chi connectivity index (χ4n) is 1.80. The summed E-state index contributed by atoms with van der Waals surface area (Å²) in [5.41, 5.74) is 3.73. The molecule has 1 N–H and O–H groups in total. The van der Waals surface area contributed by atoms with Gasteiger partial charge in [0, 0.05) is 5.69 Å². The summed E-state index contributed by atoms with van der Waals surface area (Å²) in [6.07, 6.45) is 2.19. The number of carbonyl (C=O) groups excluding carboxylic acids is 1. The van der Waals surface area contributed by atoms with Crippen molar-refractivity contribution < 1.29 is 29.1 Å². The molecule has 2 aromatic carbocycles. The number of halogens is 1. The van der Waals surface area contributed by atoms with Gasteiger partial charge in [-0.3, -0.25) is 6.29 Å².